The lowest BCUT2D eigenvalue weighted by atomic mass is 10.1. The molecule has 1 heterocycles. The molecule has 1 unspecified atom stereocenters. The van der Waals surface area contributed by atoms with E-state index in [1.807, 2.05) is 0 Å². The summed E-state index contributed by atoms with van der Waals surface area (Å²) in [7, 11) is 2.23. The quantitative estimate of drug-likeness (QED) is 0.832. The molecule has 2 aliphatic rings. The zero-order valence-electron chi connectivity index (χ0n) is 13.5. The van der Waals surface area contributed by atoms with Crippen molar-refractivity contribution in [1.82, 2.24) is 10.2 Å². The molecule has 3 rings (SSSR count). The van der Waals surface area contributed by atoms with E-state index >= 15 is 0 Å². The lowest BCUT2D eigenvalue weighted by molar-refractivity contribution is 0.270. The average Bonchev–Trinajstić information content (AvgIpc) is 3.24. The van der Waals surface area contributed by atoms with Gasteiger partial charge in [-0.3, -0.25) is 4.90 Å². The maximum absolute atomic E-state index is 3.57. The van der Waals surface area contributed by atoms with Gasteiger partial charge in [0.25, 0.3) is 0 Å². The summed E-state index contributed by atoms with van der Waals surface area (Å²) >= 11 is 0. The summed E-state index contributed by atoms with van der Waals surface area (Å²) in [5.74, 6) is 0. The van der Waals surface area contributed by atoms with Crippen LogP contribution in [0.1, 0.15) is 38.2 Å². The lowest BCUT2D eigenvalue weighted by Crippen LogP contribution is -2.38. The molecule has 1 saturated heterocycles. The first-order valence-electron chi connectivity index (χ1n) is 8.53. The van der Waals surface area contributed by atoms with Gasteiger partial charge in [0.1, 0.15) is 0 Å². The lowest BCUT2D eigenvalue weighted by Gasteiger charge is -2.29. The van der Waals surface area contributed by atoms with Crippen LogP contribution in [0.5, 0.6) is 0 Å². The molecule has 21 heavy (non-hydrogen) atoms. The average molecular weight is 287 g/mol. The maximum atomic E-state index is 3.57. The van der Waals surface area contributed by atoms with Crippen LogP contribution in [0.25, 0.3) is 0 Å². The van der Waals surface area contributed by atoms with Crippen molar-refractivity contribution >= 4 is 5.69 Å². The summed E-state index contributed by atoms with van der Waals surface area (Å²) in [6, 6.07) is 10.6. The van der Waals surface area contributed by atoms with Gasteiger partial charge in [-0.1, -0.05) is 19.1 Å². The zero-order valence-corrected chi connectivity index (χ0v) is 13.5. The van der Waals surface area contributed by atoms with E-state index in [0.29, 0.717) is 0 Å². The van der Waals surface area contributed by atoms with Crippen LogP contribution in [0.3, 0.4) is 0 Å². The first-order valence-corrected chi connectivity index (χ1v) is 8.53. The van der Waals surface area contributed by atoms with Crippen molar-refractivity contribution in [2.75, 3.05) is 31.6 Å². The number of nitrogens with zero attached hydrogens (tertiary/aromatic N) is 2. The molecule has 1 aliphatic heterocycles. The van der Waals surface area contributed by atoms with Crippen LogP contribution in [-0.4, -0.2) is 43.7 Å². The second-order valence-electron chi connectivity index (χ2n) is 6.63. The fourth-order valence-electron chi connectivity index (χ4n) is 3.36. The minimum atomic E-state index is 0.733. The normalized spacial score (nSPS) is 22.7. The Morgan fingerprint density at radius 1 is 1.19 bits per heavy atom. The number of likely N-dealkylation sites (tertiary alicyclic amines) is 1. The Labute approximate surface area is 129 Å². The number of rotatable bonds is 7. The zero-order chi connectivity index (χ0) is 14.7. The van der Waals surface area contributed by atoms with Crippen LogP contribution in [0, 0.1) is 0 Å². The molecule has 1 atom stereocenters. The van der Waals surface area contributed by atoms with E-state index in [4.69, 9.17) is 0 Å². The molecule has 0 aromatic heterocycles. The Morgan fingerprint density at radius 2 is 1.95 bits per heavy atom. The number of nitrogens with one attached hydrogen (secondary N) is 1. The third-order valence-corrected chi connectivity index (χ3v) is 4.94. The molecule has 3 nitrogen and oxygen atoms in total. The molecule has 1 aliphatic carbocycles. The van der Waals surface area contributed by atoms with E-state index < -0.39 is 0 Å². The Kier molecular flexibility index (Phi) is 4.81. The number of anilines is 1. The number of hydrogen-bond donors (Lipinski definition) is 1. The molecule has 0 bridgehead atoms. The van der Waals surface area contributed by atoms with Crippen LogP contribution in [0.15, 0.2) is 24.3 Å². The summed E-state index contributed by atoms with van der Waals surface area (Å²) in [6.07, 6.45) is 5.42. The third kappa shape index (κ3) is 3.98. The highest BCUT2D eigenvalue weighted by Crippen LogP contribution is 2.22. The molecule has 116 valence electrons. The van der Waals surface area contributed by atoms with Gasteiger partial charge in [0.05, 0.1) is 0 Å². The summed E-state index contributed by atoms with van der Waals surface area (Å²) in [5.41, 5.74) is 2.74. The van der Waals surface area contributed by atoms with Gasteiger partial charge in [0.15, 0.2) is 0 Å². The van der Waals surface area contributed by atoms with Gasteiger partial charge in [-0.25, -0.2) is 0 Å². The largest absolute Gasteiger partial charge is 0.373 e. The van der Waals surface area contributed by atoms with Gasteiger partial charge in [0.2, 0.25) is 0 Å². The topological polar surface area (TPSA) is 18.5 Å². The summed E-state index contributed by atoms with van der Waals surface area (Å²) in [4.78, 5) is 5.03. The Bertz CT molecular complexity index is 438. The fraction of sp³-hybridized carbons (Fsp3) is 0.667. The molecule has 1 aromatic carbocycles. The van der Waals surface area contributed by atoms with Crippen molar-refractivity contribution < 1.29 is 0 Å². The summed E-state index contributed by atoms with van der Waals surface area (Å²) in [5, 5.41) is 3.57. The van der Waals surface area contributed by atoms with Crippen molar-refractivity contribution in [2.45, 2.75) is 51.2 Å². The van der Waals surface area contributed by atoms with Crippen LogP contribution >= 0.6 is 0 Å². The second-order valence-corrected chi connectivity index (χ2v) is 6.63. The van der Waals surface area contributed by atoms with Gasteiger partial charge in [-0.2, -0.15) is 0 Å². The van der Waals surface area contributed by atoms with E-state index in [1.165, 1.54) is 50.0 Å². The Balaban J connectivity index is 1.52. The highest BCUT2D eigenvalue weighted by Gasteiger charge is 2.24. The first kappa shape index (κ1) is 14.9. The van der Waals surface area contributed by atoms with Crippen LogP contribution in [0.4, 0.5) is 5.69 Å². The van der Waals surface area contributed by atoms with Crippen LogP contribution in [-0.2, 0) is 6.54 Å². The smallest absolute Gasteiger partial charge is 0.0364 e. The highest BCUT2D eigenvalue weighted by atomic mass is 15.2. The van der Waals surface area contributed by atoms with Crippen molar-refractivity contribution in [3.05, 3.63) is 29.8 Å². The van der Waals surface area contributed by atoms with Crippen molar-refractivity contribution in [3.63, 3.8) is 0 Å². The van der Waals surface area contributed by atoms with Crippen molar-refractivity contribution in [3.8, 4) is 0 Å². The number of likely N-dealkylation sites (N-methyl/N-ethyl adjacent to an activating group) is 2. The summed E-state index contributed by atoms with van der Waals surface area (Å²) in [6.45, 7) is 6.90. The molecule has 0 amide bonds. The second kappa shape index (κ2) is 6.80. The number of benzene rings is 1. The van der Waals surface area contributed by atoms with Crippen molar-refractivity contribution in [1.29, 1.82) is 0 Å². The molecule has 1 aromatic rings. The molecule has 3 heteroatoms. The first-order chi connectivity index (χ1) is 10.3. The minimum absolute atomic E-state index is 0.733. The highest BCUT2D eigenvalue weighted by molar-refractivity contribution is 5.47. The molecule has 0 radical (unpaired) electrons. The predicted octanol–water partition coefficient (Wildman–Crippen LogP) is 2.86. The van der Waals surface area contributed by atoms with Gasteiger partial charge >= 0.3 is 0 Å². The molecule has 1 saturated carbocycles. The van der Waals surface area contributed by atoms with Gasteiger partial charge in [-0.15, -0.1) is 0 Å². The SMILES string of the molecule is CCN1CCCC1CN(C)c1ccc(CNC2CC2)cc1. The molecular weight excluding hydrogens is 258 g/mol. The van der Waals surface area contributed by atoms with Crippen LogP contribution < -0.4 is 10.2 Å². The predicted molar refractivity (Wildman–Crippen MR) is 89.8 cm³/mol. The Hall–Kier alpha value is -1.06. The van der Waals surface area contributed by atoms with Gasteiger partial charge in [-0.05, 0) is 56.5 Å². The van der Waals surface area contributed by atoms with E-state index in [1.54, 1.807) is 0 Å². The number of hydrogen-bond acceptors (Lipinski definition) is 3. The standard InChI is InChI=1S/C18H29N3/c1-3-21-12-4-5-18(21)14-20(2)17-10-6-15(7-11-17)13-19-16-8-9-16/h6-7,10-11,16,18-19H,3-5,8-9,12-14H2,1-2H3. The van der Waals surface area contributed by atoms with E-state index in [0.717, 1.165) is 25.2 Å². The Morgan fingerprint density at radius 3 is 2.62 bits per heavy atom. The molecular formula is C18H29N3. The third-order valence-electron chi connectivity index (χ3n) is 4.94. The monoisotopic (exact) mass is 287 g/mol. The molecule has 2 fully saturated rings. The minimum Gasteiger partial charge on any atom is -0.373 e. The summed E-state index contributed by atoms with van der Waals surface area (Å²) < 4.78 is 0. The van der Waals surface area contributed by atoms with Gasteiger partial charge < -0.3 is 10.2 Å². The molecule has 0 spiro atoms. The van der Waals surface area contributed by atoms with E-state index in [2.05, 4.69) is 53.4 Å². The fourth-order valence-corrected chi connectivity index (χ4v) is 3.36. The van der Waals surface area contributed by atoms with Crippen molar-refractivity contribution in [2.24, 2.45) is 0 Å². The maximum Gasteiger partial charge on any atom is 0.0364 e. The van der Waals surface area contributed by atoms with Gasteiger partial charge in [0, 0.05) is 37.9 Å². The van der Waals surface area contributed by atoms with E-state index in [9.17, 15) is 0 Å². The molecule has 1 N–H and O–H groups in total. The van der Waals surface area contributed by atoms with E-state index in [-0.39, 0.29) is 0 Å². The van der Waals surface area contributed by atoms with Crippen LogP contribution in [0.2, 0.25) is 0 Å².